The third-order valence-corrected chi connectivity index (χ3v) is 3.14. The van der Waals surface area contributed by atoms with Crippen molar-refractivity contribution < 1.29 is 27.4 Å². The number of nitriles is 1. The van der Waals surface area contributed by atoms with E-state index in [1.165, 1.54) is 25.3 Å². The summed E-state index contributed by atoms with van der Waals surface area (Å²) in [6.45, 7) is 0. The Morgan fingerprint density at radius 3 is 2.15 bits per heavy atom. The number of carbonyl (C=O) groups is 1. The number of carbonyl (C=O) groups excluding carboxylic acids is 1. The molecule has 1 amide bonds. The second-order valence-corrected chi connectivity index (χ2v) is 4.97. The second-order valence-electron chi connectivity index (χ2n) is 4.97. The third kappa shape index (κ3) is 5.56. The van der Waals surface area contributed by atoms with Gasteiger partial charge in [0.1, 0.15) is 23.1 Å². The first-order valence-electron chi connectivity index (χ1n) is 7.24. The van der Waals surface area contributed by atoms with Crippen LogP contribution >= 0.6 is 0 Å². The van der Waals surface area contributed by atoms with Crippen molar-refractivity contribution in [1.29, 1.82) is 5.26 Å². The van der Waals surface area contributed by atoms with Crippen LogP contribution in [-0.4, -0.2) is 19.4 Å². The molecular formula is C18H13F3N2O3. The molecule has 8 heteroatoms. The van der Waals surface area contributed by atoms with Gasteiger partial charge in [-0.25, -0.2) is 0 Å². The first kappa shape index (κ1) is 18.9. The molecule has 26 heavy (non-hydrogen) atoms. The Hall–Kier alpha value is -3.47. The summed E-state index contributed by atoms with van der Waals surface area (Å²) >= 11 is 0. The van der Waals surface area contributed by atoms with E-state index in [-0.39, 0.29) is 5.57 Å². The lowest BCUT2D eigenvalue weighted by Gasteiger charge is -2.08. The fraction of sp³-hybridized carbons (Fsp3) is 0.111. The van der Waals surface area contributed by atoms with E-state index >= 15 is 0 Å². The minimum absolute atomic E-state index is 0.203. The number of hydrogen-bond acceptors (Lipinski definition) is 4. The fourth-order valence-electron chi connectivity index (χ4n) is 1.95. The molecule has 0 spiro atoms. The monoisotopic (exact) mass is 362 g/mol. The molecule has 0 atom stereocenters. The van der Waals surface area contributed by atoms with Crippen LogP contribution in [0, 0.1) is 11.3 Å². The molecule has 134 valence electrons. The molecule has 2 aromatic carbocycles. The Morgan fingerprint density at radius 2 is 1.65 bits per heavy atom. The smallest absolute Gasteiger partial charge is 0.497 e. The van der Waals surface area contributed by atoms with Crippen LogP contribution in [0.3, 0.4) is 0 Å². The molecule has 0 bridgehead atoms. The molecule has 2 rings (SSSR count). The Kier molecular flexibility index (Phi) is 5.86. The molecule has 0 saturated heterocycles. The van der Waals surface area contributed by atoms with Crippen molar-refractivity contribution in [3.8, 4) is 17.6 Å². The van der Waals surface area contributed by atoms with Gasteiger partial charge in [0, 0.05) is 5.69 Å². The third-order valence-electron chi connectivity index (χ3n) is 3.14. The van der Waals surface area contributed by atoms with E-state index in [0.717, 1.165) is 12.1 Å². The van der Waals surface area contributed by atoms with Gasteiger partial charge in [0.25, 0.3) is 5.91 Å². The minimum atomic E-state index is -4.78. The van der Waals surface area contributed by atoms with Crippen molar-refractivity contribution in [2.75, 3.05) is 12.4 Å². The maximum absolute atomic E-state index is 12.2. The van der Waals surface area contributed by atoms with Gasteiger partial charge in [-0.15, -0.1) is 13.2 Å². The summed E-state index contributed by atoms with van der Waals surface area (Å²) in [7, 11) is 1.51. The van der Waals surface area contributed by atoms with Gasteiger partial charge in [0.05, 0.1) is 7.11 Å². The SMILES string of the molecule is COc1ccc(NC(=O)/C(C#N)=C/c2ccc(OC(F)(F)F)cc2)cc1. The number of methoxy groups -OCH3 is 1. The highest BCUT2D eigenvalue weighted by atomic mass is 19.4. The molecule has 0 saturated carbocycles. The Morgan fingerprint density at radius 1 is 1.08 bits per heavy atom. The highest BCUT2D eigenvalue weighted by Crippen LogP contribution is 2.23. The number of alkyl halides is 3. The van der Waals surface area contributed by atoms with Crippen LogP contribution in [0.15, 0.2) is 54.1 Å². The molecule has 0 fully saturated rings. The van der Waals surface area contributed by atoms with Gasteiger partial charge in [-0.05, 0) is 48.0 Å². The molecule has 0 radical (unpaired) electrons. The van der Waals surface area contributed by atoms with Crippen LogP contribution in [0.25, 0.3) is 6.08 Å². The topological polar surface area (TPSA) is 71.3 Å². The average molecular weight is 362 g/mol. The predicted octanol–water partition coefficient (Wildman–Crippen LogP) is 4.14. The van der Waals surface area contributed by atoms with Crippen LogP contribution in [-0.2, 0) is 4.79 Å². The van der Waals surface area contributed by atoms with Crippen LogP contribution in [0.5, 0.6) is 11.5 Å². The molecule has 1 N–H and O–H groups in total. The number of benzene rings is 2. The molecule has 0 aliphatic rings. The van der Waals surface area contributed by atoms with E-state index in [4.69, 9.17) is 10.00 Å². The Balaban J connectivity index is 2.10. The second kappa shape index (κ2) is 8.07. The molecule has 0 heterocycles. The molecule has 5 nitrogen and oxygen atoms in total. The first-order valence-corrected chi connectivity index (χ1v) is 7.24. The van der Waals surface area contributed by atoms with Gasteiger partial charge in [-0.2, -0.15) is 5.26 Å². The zero-order valence-electron chi connectivity index (χ0n) is 13.5. The fourth-order valence-corrected chi connectivity index (χ4v) is 1.95. The van der Waals surface area contributed by atoms with Crippen LogP contribution in [0.1, 0.15) is 5.56 Å². The van der Waals surface area contributed by atoms with E-state index in [2.05, 4.69) is 10.1 Å². The Labute approximate surface area is 147 Å². The van der Waals surface area contributed by atoms with Gasteiger partial charge in [-0.1, -0.05) is 12.1 Å². The van der Waals surface area contributed by atoms with Crippen molar-refractivity contribution in [3.05, 3.63) is 59.7 Å². The number of nitrogens with zero attached hydrogens (tertiary/aromatic N) is 1. The van der Waals surface area contributed by atoms with Crippen LogP contribution < -0.4 is 14.8 Å². The lowest BCUT2D eigenvalue weighted by Crippen LogP contribution is -2.17. The summed E-state index contributed by atoms with van der Waals surface area (Å²) in [5, 5.41) is 11.7. The highest BCUT2D eigenvalue weighted by Gasteiger charge is 2.30. The zero-order chi connectivity index (χ0) is 19.2. The van der Waals surface area contributed by atoms with Crippen molar-refractivity contribution in [2.45, 2.75) is 6.36 Å². The van der Waals surface area contributed by atoms with E-state index < -0.39 is 18.0 Å². The number of nitrogens with one attached hydrogen (secondary N) is 1. The predicted molar refractivity (Wildman–Crippen MR) is 88.3 cm³/mol. The summed E-state index contributed by atoms with van der Waals surface area (Å²) in [6.07, 6.45) is -3.52. The van der Waals surface area contributed by atoms with Gasteiger partial charge >= 0.3 is 6.36 Å². The van der Waals surface area contributed by atoms with E-state index in [9.17, 15) is 18.0 Å². The molecular weight excluding hydrogens is 349 g/mol. The highest BCUT2D eigenvalue weighted by molar-refractivity contribution is 6.09. The largest absolute Gasteiger partial charge is 0.573 e. The van der Waals surface area contributed by atoms with Crippen molar-refractivity contribution in [2.24, 2.45) is 0 Å². The summed E-state index contributed by atoms with van der Waals surface area (Å²) in [5.74, 6) is -0.427. The van der Waals surface area contributed by atoms with Crippen LogP contribution in [0.2, 0.25) is 0 Å². The van der Waals surface area contributed by atoms with Gasteiger partial charge in [0.2, 0.25) is 0 Å². The molecule has 0 aromatic heterocycles. The molecule has 0 aliphatic heterocycles. The number of hydrogen-bond donors (Lipinski definition) is 1. The average Bonchev–Trinajstić information content (AvgIpc) is 2.60. The summed E-state index contributed by atoms with van der Waals surface area (Å²) < 4.78 is 45.2. The summed E-state index contributed by atoms with van der Waals surface area (Å²) in [5.41, 5.74) is 0.636. The number of rotatable bonds is 5. The summed E-state index contributed by atoms with van der Waals surface area (Å²) in [6, 6.07) is 13.1. The quantitative estimate of drug-likeness (QED) is 0.641. The molecule has 2 aromatic rings. The van der Waals surface area contributed by atoms with Gasteiger partial charge in [-0.3, -0.25) is 4.79 Å². The number of anilines is 1. The summed E-state index contributed by atoms with van der Waals surface area (Å²) in [4.78, 5) is 12.2. The number of amides is 1. The zero-order valence-corrected chi connectivity index (χ0v) is 13.5. The van der Waals surface area contributed by atoms with Crippen molar-refractivity contribution in [1.82, 2.24) is 0 Å². The number of ether oxygens (including phenoxy) is 2. The maximum Gasteiger partial charge on any atom is 0.573 e. The number of halogens is 3. The van der Waals surface area contributed by atoms with E-state index in [0.29, 0.717) is 17.0 Å². The Bertz CT molecular complexity index is 836. The molecule has 0 aliphatic carbocycles. The van der Waals surface area contributed by atoms with E-state index in [1.54, 1.807) is 30.3 Å². The van der Waals surface area contributed by atoms with Gasteiger partial charge < -0.3 is 14.8 Å². The lowest BCUT2D eigenvalue weighted by atomic mass is 10.1. The van der Waals surface area contributed by atoms with E-state index in [1.807, 2.05) is 0 Å². The lowest BCUT2D eigenvalue weighted by molar-refractivity contribution is -0.274. The van der Waals surface area contributed by atoms with Crippen molar-refractivity contribution in [3.63, 3.8) is 0 Å². The minimum Gasteiger partial charge on any atom is -0.497 e. The van der Waals surface area contributed by atoms with Gasteiger partial charge in [0.15, 0.2) is 0 Å². The molecule has 0 unspecified atom stereocenters. The maximum atomic E-state index is 12.2. The van der Waals surface area contributed by atoms with Crippen molar-refractivity contribution >= 4 is 17.7 Å². The van der Waals surface area contributed by atoms with Crippen LogP contribution in [0.4, 0.5) is 18.9 Å². The normalized spacial score (nSPS) is 11.4. The first-order chi connectivity index (χ1) is 12.3. The standard InChI is InChI=1S/C18H13F3N2O3/c1-25-15-8-4-14(5-9-15)23-17(24)13(11-22)10-12-2-6-16(7-3-12)26-18(19,20)21/h2-10H,1H3,(H,23,24)/b13-10+.